The van der Waals surface area contributed by atoms with E-state index in [0.717, 1.165) is 0 Å². The van der Waals surface area contributed by atoms with Crippen molar-refractivity contribution in [2.45, 2.75) is 19.3 Å². The van der Waals surface area contributed by atoms with Crippen LogP contribution in [0, 0.1) is 0 Å². The highest BCUT2D eigenvalue weighted by Crippen LogP contribution is 2.39. The third kappa shape index (κ3) is 4.70. The molecule has 10 heteroatoms. The maximum atomic E-state index is 13.2. The van der Waals surface area contributed by atoms with Crippen molar-refractivity contribution in [2.24, 2.45) is 0 Å². The van der Waals surface area contributed by atoms with E-state index < -0.39 is 29.2 Å². The van der Waals surface area contributed by atoms with Gasteiger partial charge in [-0.05, 0) is 31.2 Å². The summed E-state index contributed by atoms with van der Waals surface area (Å²) in [6.45, 7) is 1.42. The summed E-state index contributed by atoms with van der Waals surface area (Å²) in [4.78, 5) is 11.7. The lowest BCUT2D eigenvalue weighted by atomic mass is 10.0. The molecule has 0 fully saturated rings. The third-order valence-corrected chi connectivity index (χ3v) is 5.08. The maximum absolute atomic E-state index is 13.2. The van der Waals surface area contributed by atoms with Gasteiger partial charge >= 0.3 is 12.4 Å². The Bertz CT molecular complexity index is 1360. The van der Waals surface area contributed by atoms with Gasteiger partial charge < -0.3 is 5.32 Å². The maximum Gasteiger partial charge on any atom is 0.416 e. The number of fused-ring (bicyclic) bond motifs is 1. The number of hydrogen-bond donors (Lipinski definition) is 1. The fourth-order valence-corrected chi connectivity index (χ4v) is 3.46. The zero-order valence-corrected chi connectivity index (χ0v) is 17.4. The molecule has 0 aliphatic heterocycles. The van der Waals surface area contributed by atoms with E-state index >= 15 is 0 Å². The second-order valence-electron chi connectivity index (χ2n) is 7.50. The number of carbonyl (C=O) groups excluding carboxylic acids is 1. The molecule has 1 heterocycles. The Labute approximate surface area is 189 Å². The lowest BCUT2D eigenvalue weighted by Crippen LogP contribution is -2.12. The van der Waals surface area contributed by atoms with Crippen LogP contribution in [0.5, 0.6) is 0 Å². The molecule has 0 atom stereocenters. The lowest BCUT2D eigenvalue weighted by Gasteiger charge is -2.16. The Morgan fingerprint density at radius 1 is 0.765 bits per heavy atom. The number of aromatic nitrogens is 2. The van der Waals surface area contributed by atoms with Crippen LogP contribution in [0.15, 0.2) is 66.7 Å². The van der Waals surface area contributed by atoms with Crippen LogP contribution in [-0.4, -0.2) is 16.0 Å². The van der Waals surface area contributed by atoms with Crippen LogP contribution in [0.2, 0.25) is 0 Å². The first-order chi connectivity index (χ1) is 15.9. The largest absolute Gasteiger partial charge is 0.416 e. The summed E-state index contributed by atoms with van der Waals surface area (Å²) < 4.78 is 79.3. The average Bonchev–Trinajstić information content (AvgIpc) is 2.78. The van der Waals surface area contributed by atoms with Gasteiger partial charge in [0.05, 0.1) is 11.1 Å². The first-order valence-corrected chi connectivity index (χ1v) is 9.87. The van der Waals surface area contributed by atoms with Gasteiger partial charge in [-0.2, -0.15) is 26.3 Å². The molecule has 0 saturated heterocycles. The summed E-state index contributed by atoms with van der Waals surface area (Å²) in [5.41, 5.74) is -1.88. The second-order valence-corrected chi connectivity index (χ2v) is 7.50. The summed E-state index contributed by atoms with van der Waals surface area (Å²) in [6, 6.07) is 14.6. The zero-order chi connectivity index (χ0) is 24.7. The van der Waals surface area contributed by atoms with Crippen molar-refractivity contribution in [3.8, 4) is 11.3 Å². The fraction of sp³-hybridized carbons (Fsp3) is 0.125. The van der Waals surface area contributed by atoms with E-state index in [1.165, 1.54) is 6.92 Å². The summed E-state index contributed by atoms with van der Waals surface area (Å²) in [7, 11) is 0. The molecule has 1 aromatic heterocycles. The van der Waals surface area contributed by atoms with Crippen molar-refractivity contribution in [3.63, 3.8) is 0 Å². The van der Waals surface area contributed by atoms with Crippen molar-refractivity contribution in [2.75, 3.05) is 5.32 Å². The normalized spacial score (nSPS) is 12.1. The monoisotopic (exact) mass is 475 g/mol. The standard InChI is InChI=1S/C24H15F6N3O/c1-13(34)14-5-4-6-15(9-14)21-19-7-2-3-8-20(19)22(33-32-21)31-18-11-16(23(25,26)27)10-17(12-18)24(28,29)30/h2-12H,1H3,(H,31,33). The molecular formula is C24H15F6N3O. The molecule has 0 radical (unpaired) electrons. The molecule has 4 nitrogen and oxygen atoms in total. The number of Topliss-reactive ketones (excluding diaryl/α,β-unsaturated/α-hetero) is 1. The van der Waals surface area contributed by atoms with Crippen LogP contribution in [-0.2, 0) is 12.4 Å². The molecule has 0 bridgehead atoms. The highest BCUT2D eigenvalue weighted by Gasteiger charge is 2.37. The van der Waals surface area contributed by atoms with E-state index in [1.807, 2.05) is 0 Å². The first-order valence-electron chi connectivity index (χ1n) is 9.87. The number of ketones is 1. The van der Waals surface area contributed by atoms with Crippen molar-refractivity contribution in [1.82, 2.24) is 10.2 Å². The minimum absolute atomic E-state index is 0.0190. The SMILES string of the molecule is CC(=O)c1cccc(-c2nnc(Nc3cc(C(F)(F)F)cc(C(F)(F)F)c3)c3ccccc23)c1. The summed E-state index contributed by atoms with van der Waals surface area (Å²) in [5.74, 6) is -0.170. The highest BCUT2D eigenvalue weighted by molar-refractivity contribution is 6.02. The molecule has 0 spiro atoms. The van der Waals surface area contributed by atoms with Crippen molar-refractivity contribution in [1.29, 1.82) is 0 Å². The Morgan fingerprint density at radius 2 is 1.38 bits per heavy atom. The predicted molar refractivity (Wildman–Crippen MR) is 115 cm³/mol. The Hall–Kier alpha value is -3.95. The van der Waals surface area contributed by atoms with Gasteiger partial charge in [-0.1, -0.05) is 42.5 Å². The lowest BCUT2D eigenvalue weighted by molar-refractivity contribution is -0.143. The van der Waals surface area contributed by atoms with E-state index in [2.05, 4.69) is 15.5 Å². The minimum atomic E-state index is -4.98. The van der Waals surface area contributed by atoms with Gasteiger partial charge in [0.1, 0.15) is 5.69 Å². The second kappa shape index (κ2) is 8.44. The number of nitrogens with one attached hydrogen (secondary N) is 1. The van der Waals surface area contributed by atoms with Gasteiger partial charge in [-0.25, -0.2) is 0 Å². The van der Waals surface area contributed by atoms with Crippen LogP contribution in [0.4, 0.5) is 37.8 Å². The number of hydrogen-bond acceptors (Lipinski definition) is 4. The Morgan fingerprint density at radius 3 is 1.97 bits per heavy atom. The Kier molecular flexibility index (Phi) is 5.76. The third-order valence-electron chi connectivity index (χ3n) is 5.08. The highest BCUT2D eigenvalue weighted by atomic mass is 19.4. The molecule has 1 N–H and O–H groups in total. The van der Waals surface area contributed by atoms with Crippen molar-refractivity contribution < 1.29 is 31.1 Å². The van der Waals surface area contributed by atoms with E-state index in [-0.39, 0.29) is 17.7 Å². The topological polar surface area (TPSA) is 54.9 Å². The molecule has 3 aromatic carbocycles. The number of nitrogens with zero attached hydrogens (tertiary/aromatic N) is 2. The van der Waals surface area contributed by atoms with Crippen LogP contribution >= 0.6 is 0 Å². The summed E-state index contributed by atoms with van der Waals surface area (Å²) in [5, 5.41) is 11.7. The van der Waals surface area contributed by atoms with E-state index in [0.29, 0.717) is 39.7 Å². The number of benzene rings is 3. The molecule has 0 amide bonds. The van der Waals surface area contributed by atoms with Gasteiger partial charge in [-0.15, -0.1) is 10.2 Å². The molecule has 34 heavy (non-hydrogen) atoms. The van der Waals surface area contributed by atoms with E-state index in [9.17, 15) is 31.1 Å². The smallest absolute Gasteiger partial charge is 0.338 e. The molecule has 0 aliphatic rings. The summed E-state index contributed by atoms with van der Waals surface area (Å²) in [6.07, 6.45) is -9.95. The van der Waals surface area contributed by atoms with Crippen LogP contribution < -0.4 is 5.32 Å². The minimum Gasteiger partial charge on any atom is -0.338 e. The van der Waals surface area contributed by atoms with Gasteiger partial charge in [0.2, 0.25) is 0 Å². The fourth-order valence-electron chi connectivity index (χ4n) is 3.46. The molecule has 174 valence electrons. The average molecular weight is 475 g/mol. The Balaban J connectivity index is 1.83. The van der Waals surface area contributed by atoms with E-state index in [4.69, 9.17) is 0 Å². The van der Waals surface area contributed by atoms with Gasteiger partial charge in [0.15, 0.2) is 11.6 Å². The van der Waals surface area contributed by atoms with Crippen LogP contribution in [0.1, 0.15) is 28.4 Å². The van der Waals surface area contributed by atoms with Gasteiger partial charge in [0.25, 0.3) is 0 Å². The molecule has 0 saturated carbocycles. The van der Waals surface area contributed by atoms with Crippen LogP contribution in [0.25, 0.3) is 22.0 Å². The predicted octanol–water partition coefficient (Wildman–Crippen LogP) is 7.28. The number of anilines is 2. The molecule has 4 rings (SSSR count). The van der Waals surface area contributed by atoms with Crippen LogP contribution in [0.3, 0.4) is 0 Å². The number of carbonyl (C=O) groups is 1. The van der Waals surface area contributed by atoms with Crippen molar-refractivity contribution in [3.05, 3.63) is 83.4 Å². The van der Waals surface area contributed by atoms with E-state index in [1.54, 1.807) is 48.5 Å². The van der Waals surface area contributed by atoms with Crippen molar-refractivity contribution >= 4 is 28.1 Å². The molecule has 0 aliphatic carbocycles. The molecular weight excluding hydrogens is 460 g/mol. The summed E-state index contributed by atoms with van der Waals surface area (Å²) >= 11 is 0. The van der Waals surface area contributed by atoms with Gasteiger partial charge in [-0.3, -0.25) is 4.79 Å². The number of alkyl halides is 6. The number of halogens is 6. The molecule has 0 unspecified atom stereocenters. The first kappa shape index (κ1) is 23.2. The quantitative estimate of drug-likeness (QED) is 0.249. The zero-order valence-electron chi connectivity index (χ0n) is 17.4. The van der Waals surface area contributed by atoms with Gasteiger partial charge in [0, 0.05) is 27.6 Å². The number of rotatable bonds is 4. The molecule has 4 aromatic rings.